The summed E-state index contributed by atoms with van der Waals surface area (Å²) in [5, 5.41) is -0.509. The number of hydrogen-bond donors (Lipinski definition) is 0. The second-order valence-electron chi connectivity index (χ2n) is 1.34. The number of allylic oxidation sites excluding steroid dienone is 4. The SMILES string of the molecule is C=C/C=C(\C=C)C(=O)Cl. The molecule has 0 aliphatic carbocycles. The zero-order chi connectivity index (χ0) is 7.28. The van der Waals surface area contributed by atoms with Crippen molar-refractivity contribution >= 4 is 16.8 Å². The van der Waals surface area contributed by atoms with Gasteiger partial charge in [0.15, 0.2) is 0 Å². The van der Waals surface area contributed by atoms with Crippen LogP contribution in [0.2, 0.25) is 0 Å². The molecule has 0 radical (unpaired) electrons. The topological polar surface area (TPSA) is 17.1 Å². The first-order chi connectivity index (χ1) is 4.22. The highest BCUT2D eigenvalue weighted by Crippen LogP contribution is 2.00. The van der Waals surface area contributed by atoms with Crippen LogP contribution in [0.5, 0.6) is 0 Å². The monoisotopic (exact) mass is 142 g/mol. The van der Waals surface area contributed by atoms with Gasteiger partial charge in [-0.2, -0.15) is 0 Å². The number of carbonyl (C=O) groups is 1. The van der Waals surface area contributed by atoms with E-state index in [1.807, 2.05) is 0 Å². The maximum atomic E-state index is 10.3. The average molecular weight is 143 g/mol. The molecule has 0 aromatic carbocycles. The minimum atomic E-state index is -0.509. The molecule has 0 saturated heterocycles. The normalized spacial score (nSPS) is 10.6. The average Bonchev–Trinajstić information content (AvgIpc) is 1.82. The predicted molar refractivity (Wildman–Crippen MR) is 39.3 cm³/mol. The fourth-order valence-electron chi connectivity index (χ4n) is 0.341. The molecule has 0 amide bonds. The predicted octanol–water partition coefficient (Wildman–Crippen LogP) is 2.05. The summed E-state index contributed by atoms with van der Waals surface area (Å²) in [4.78, 5) is 10.3. The summed E-state index contributed by atoms with van der Waals surface area (Å²) in [6, 6.07) is 0. The Kier molecular flexibility index (Phi) is 3.72. The molecule has 0 aromatic heterocycles. The van der Waals surface area contributed by atoms with Gasteiger partial charge in [0.25, 0.3) is 5.24 Å². The molecule has 9 heavy (non-hydrogen) atoms. The van der Waals surface area contributed by atoms with Crippen LogP contribution in [0.4, 0.5) is 0 Å². The molecule has 0 spiro atoms. The van der Waals surface area contributed by atoms with Crippen molar-refractivity contribution in [1.82, 2.24) is 0 Å². The second-order valence-corrected chi connectivity index (χ2v) is 1.68. The van der Waals surface area contributed by atoms with Gasteiger partial charge in [0.1, 0.15) is 0 Å². The molecule has 0 bridgehead atoms. The fourth-order valence-corrected chi connectivity index (χ4v) is 0.481. The lowest BCUT2D eigenvalue weighted by Gasteiger charge is -1.86. The second kappa shape index (κ2) is 4.10. The van der Waals surface area contributed by atoms with Crippen LogP contribution in [0.25, 0.3) is 0 Å². The standard InChI is InChI=1S/C7H7ClO/c1-3-5-6(4-2)7(8)9/h3-5H,1-2H2/b6-5+. The maximum Gasteiger partial charge on any atom is 0.252 e. The Morgan fingerprint density at radius 3 is 2.11 bits per heavy atom. The van der Waals surface area contributed by atoms with E-state index in [4.69, 9.17) is 11.6 Å². The van der Waals surface area contributed by atoms with E-state index in [9.17, 15) is 4.79 Å². The molecule has 0 fully saturated rings. The van der Waals surface area contributed by atoms with Crippen LogP contribution in [0, 0.1) is 0 Å². The lowest BCUT2D eigenvalue weighted by atomic mass is 10.3. The Morgan fingerprint density at radius 2 is 2.00 bits per heavy atom. The van der Waals surface area contributed by atoms with Gasteiger partial charge in [0.2, 0.25) is 0 Å². The summed E-state index contributed by atoms with van der Waals surface area (Å²) >= 11 is 5.10. The Bertz CT molecular complexity index is 168. The smallest absolute Gasteiger partial charge is 0.252 e. The van der Waals surface area contributed by atoms with Crippen LogP contribution in [0.3, 0.4) is 0 Å². The number of rotatable bonds is 3. The first-order valence-electron chi connectivity index (χ1n) is 2.37. The van der Waals surface area contributed by atoms with Crippen LogP contribution in [0.1, 0.15) is 0 Å². The first-order valence-corrected chi connectivity index (χ1v) is 2.75. The minimum Gasteiger partial charge on any atom is -0.276 e. The molecule has 1 nitrogen and oxygen atoms in total. The summed E-state index contributed by atoms with van der Waals surface area (Å²) in [5.74, 6) is 0. The highest BCUT2D eigenvalue weighted by Gasteiger charge is 1.96. The molecule has 0 unspecified atom stereocenters. The van der Waals surface area contributed by atoms with Crippen LogP contribution < -0.4 is 0 Å². The lowest BCUT2D eigenvalue weighted by Crippen LogP contribution is -1.86. The molecular weight excluding hydrogens is 136 g/mol. The number of halogens is 1. The van der Waals surface area contributed by atoms with Crippen LogP contribution in [0.15, 0.2) is 37.0 Å². The molecule has 0 N–H and O–H groups in total. The third kappa shape index (κ3) is 2.88. The van der Waals surface area contributed by atoms with E-state index >= 15 is 0 Å². The highest BCUT2D eigenvalue weighted by molar-refractivity contribution is 6.68. The molecule has 0 aliphatic heterocycles. The van der Waals surface area contributed by atoms with Gasteiger partial charge in [0.05, 0.1) is 0 Å². The van der Waals surface area contributed by atoms with Gasteiger partial charge < -0.3 is 0 Å². The third-order valence-corrected chi connectivity index (χ3v) is 0.963. The maximum absolute atomic E-state index is 10.3. The molecule has 2 heteroatoms. The highest BCUT2D eigenvalue weighted by atomic mass is 35.5. The summed E-state index contributed by atoms with van der Waals surface area (Å²) < 4.78 is 0. The van der Waals surface area contributed by atoms with Crippen molar-refractivity contribution in [2.75, 3.05) is 0 Å². The molecule has 0 atom stereocenters. The first kappa shape index (κ1) is 8.18. The molecule has 48 valence electrons. The van der Waals surface area contributed by atoms with Crippen molar-refractivity contribution in [3.05, 3.63) is 37.0 Å². The zero-order valence-corrected chi connectivity index (χ0v) is 5.69. The number of hydrogen-bond acceptors (Lipinski definition) is 1. The van der Waals surface area contributed by atoms with Crippen molar-refractivity contribution in [2.24, 2.45) is 0 Å². The molecular formula is C7H7ClO. The van der Waals surface area contributed by atoms with Gasteiger partial charge in [-0.15, -0.1) is 0 Å². The van der Waals surface area contributed by atoms with Gasteiger partial charge in [-0.25, -0.2) is 0 Å². The summed E-state index contributed by atoms with van der Waals surface area (Å²) in [6.07, 6.45) is 4.37. The summed E-state index contributed by atoms with van der Waals surface area (Å²) in [7, 11) is 0. The molecule has 0 aromatic rings. The van der Waals surface area contributed by atoms with Gasteiger partial charge in [-0.05, 0) is 11.6 Å². The Labute approximate surface area is 59.3 Å². The van der Waals surface area contributed by atoms with E-state index in [0.717, 1.165) is 0 Å². The Balaban J connectivity index is 4.32. The van der Waals surface area contributed by atoms with E-state index in [1.54, 1.807) is 0 Å². The lowest BCUT2D eigenvalue weighted by molar-refractivity contribution is -0.108. The Hall–Kier alpha value is -0.820. The van der Waals surface area contributed by atoms with E-state index in [2.05, 4.69) is 13.2 Å². The molecule has 0 heterocycles. The van der Waals surface area contributed by atoms with Gasteiger partial charge in [-0.1, -0.05) is 31.4 Å². The third-order valence-electron chi connectivity index (χ3n) is 0.744. The van der Waals surface area contributed by atoms with Crippen molar-refractivity contribution < 1.29 is 4.79 Å². The molecule has 0 saturated carbocycles. The van der Waals surface area contributed by atoms with Crippen molar-refractivity contribution in [2.45, 2.75) is 0 Å². The van der Waals surface area contributed by atoms with Gasteiger partial charge in [0, 0.05) is 5.57 Å². The van der Waals surface area contributed by atoms with Gasteiger partial charge in [-0.3, -0.25) is 4.79 Å². The van der Waals surface area contributed by atoms with Gasteiger partial charge >= 0.3 is 0 Å². The fraction of sp³-hybridized carbons (Fsp3) is 0. The quantitative estimate of drug-likeness (QED) is 0.335. The summed E-state index contributed by atoms with van der Waals surface area (Å²) in [6.45, 7) is 6.78. The van der Waals surface area contributed by atoms with Crippen molar-refractivity contribution in [3.63, 3.8) is 0 Å². The molecule has 0 aliphatic rings. The zero-order valence-electron chi connectivity index (χ0n) is 4.93. The van der Waals surface area contributed by atoms with E-state index in [0.29, 0.717) is 5.57 Å². The minimum absolute atomic E-state index is 0.367. The van der Waals surface area contributed by atoms with Crippen LogP contribution in [-0.2, 0) is 4.79 Å². The molecule has 0 rings (SSSR count). The van der Waals surface area contributed by atoms with E-state index < -0.39 is 5.24 Å². The van der Waals surface area contributed by atoms with E-state index in [-0.39, 0.29) is 0 Å². The van der Waals surface area contributed by atoms with Crippen LogP contribution in [-0.4, -0.2) is 5.24 Å². The Morgan fingerprint density at radius 1 is 1.44 bits per heavy atom. The largest absolute Gasteiger partial charge is 0.276 e. The van der Waals surface area contributed by atoms with Crippen molar-refractivity contribution in [3.8, 4) is 0 Å². The number of carbonyl (C=O) groups excluding carboxylic acids is 1. The van der Waals surface area contributed by atoms with Crippen molar-refractivity contribution in [1.29, 1.82) is 0 Å². The van der Waals surface area contributed by atoms with Crippen LogP contribution >= 0.6 is 11.6 Å². The summed E-state index contributed by atoms with van der Waals surface area (Å²) in [5.41, 5.74) is 0.367. The van der Waals surface area contributed by atoms with E-state index in [1.165, 1.54) is 18.2 Å².